The third kappa shape index (κ3) is 2.36. The molecule has 98 valence electrons. The standard InChI is InChI=1S/C15H16N2OS/c1-9-5-4-6-13-14(9)17-15(19-13)16-11(3)12-8-7-10(2)18-12/h4-8,11H,1-3H3,(H,16,17). The lowest BCUT2D eigenvalue weighted by Crippen LogP contribution is -2.04. The first kappa shape index (κ1) is 12.2. The Morgan fingerprint density at radius 1 is 1.21 bits per heavy atom. The molecule has 3 aromatic rings. The van der Waals surface area contributed by atoms with Crippen LogP contribution in [0.1, 0.15) is 30.0 Å². The fraction of sp³-hybridized carbons (Fsp3) is 0.267. The van der Waals surface area contributed by atoms with Crippen molar-refractivity contribution in [1.29, 1.82) is 0 Å². The van der Waals surface area contributed by atoms with Crippen LogP contribution in [0.25, 0.3) is 10.2 Å². The number of hydrogen-bond donors (Lipinski definition) is 1. The van der Waals surface area contributed by atoms with Crippen LogP contribution in [-0.4, -0.2) is 4.98 Å². The van der Waals surface area contributed by atoms with E-state index in [1.54, 1.807) is 11.3 Å². The molecule has 4 heteroatoms. The van der Waals surface area contributed by atoms with Gasteiger partial charge in [0.05, 0.1) is 16.3 Å². The van der Waals surface area contributed by atoms with Gasteiger partial charge in [-0.15, -0.1) is 0 Å². The first-order valence-electron chi connectivity index (χ1n) is 6.32. The molecule has 0 fully saturated rings. The zero-order valence-electron chi connectivity index (χ0n) is 11.2. The molecule has 0 saturated carbocycles. The first-order valence-corrected chi connectivity index (χ1v) is 7.14. The second-order valence-electron chi connectivity index (χ2n) is 4.76. The van der Waals surface area contributed by atoms with Gasteiger partial charge in [0.15, 0.2) is 5.13 Å². The van der Waals surface area contributed by atoms with E-state index < -0.39 is 0 Å². The van der Waals surface area contributed by atoms with Gasteiger partial charge in [-0.25, -0.2) is 4.98 Å². The van der Waals surface area contributed by atoms with Gasteiger partial charge in [-0.3, -0.25) is 0 Å². The number of fused-ring (bicyclic) bond motifs is 1. The highest BCUT2D eigenvalue weighted by Gasteiger charge is 2.12. The Balaban J connectivity index is 1.87. The van der Waals surface area contributed by atoms with E-state index in [-0.39, 0.29) is 6.04 Å². The van der Waals surface area contributed by atoms with Gasteiger partial charge in [-0.1, -0.05) is 23.5 Å². The van der Waals surface area contributed by atoms with Crippen molar-refractivity contribution in [2.24, 2.45) is 0 Å². The summed E-state index contributed by atoms with van der Waals surface area (Å²) in [7, 11) is 0. The Bertz CT molecular complexity index is 714. The molecule has 19 heavy (non-hydrogen) atoms. The van der Waals surface area contributed by atoms with Crippen molar-refractivity contribution in [2.75, 3.05) is 5.32 Å². The van der Waals surface area contributed by atoms with Crippen molar-refractivity contribution < 1.29 is 4.42 Å². The zero-order valence-corrected chi connectivity index (χ0v) is 12.0. The lowest BCUT2D eigenvalue weighted by Gasteiger charge is -2.09. The number of hydrogen-bond acceptors (Lipinski definition) is 4. The maximum atomic E-state index is 5.63. The van der Waals surface area contributed by atoms with Crippen molar-refractivity contribution in [3.05, 3.63) is 47.4 Å². The Morgan fingerprint density at radius 2 is 2.05 bits per heavy atom. The molecule has 0 amide bonds. The molecule has 3 rings (SSSR count). The maximum Gasteiger partial charge on any atom is 0.184 e. The van der Waals surface area contributed by atoms with Crippen LogP contribution in [0, 0.1) is 13.8 Å². The second kappa shape index (κ2) is 4.70. The number of rotatable bonds is 3. The van der Waals surface area contributed by atoms with E-state index in [0.717, 1.165) is 22.2 Å². The van der Waals surface area contributed by atoms with Gasteiger partial charge in [0.25, 0.3) is 0 Å². The number of benzene rings is 1. The Labute approximate surface area is 116 Å². The highest BCUT2D eigenvalue weighted by Crippen LogP contribution is 2.30. The predicted molar refractivity (Wildman–Crippen MR) is 79.8 cm³/mol. The van der Waals surface area contributed by atoms with E-state index in [9.17, 15) is 0 Å². The quantitative estimate of drug-likeness (QED) is 0.752. The van der Waals surface area contributed by atoms with E-state index in [1.165, 1.54) is 10.3 Å². The number of aromatic nitrogens is 1. The molecule has 2 aromatic heterocycles. The van der Waals surface area contributed by atoms with E-state index in [2.05, 4.69) is 42.3 Å². The third-order valence-corrected chi connectivity index (χ3v) is 4.10. The van der Waals surface area contributed by atoms with Gasteiger partial charge < -0.3 is 9.73 Å². The van der Waals surface area contributed by atoms with E-state index in [4.69, 9.17) is 4.42 Å². The van der Waals surface area contributed by atoms with Crippen LogP contribution < -0.4 is 5.32 Å². The molecule has 1 atom stereocenters. The Hall–Kier alpha value is -1.81. The average molecular weight is 272 g/mol. The van der Waals surface area contributed by atoms with Crippen molar-refractivity contribution >= 4 is 26.7 Å². The van der Waals surface area contributed by atoms with E-state index in [1.807, 2.05) is 19.1 Å². The predicted octanol–water partition coefficient (Wildman–Crippen LogP) is 4.68. The first-order chi connectivity index (χ1) is 9.13. The van der Waals surface area contributed by atoms with Gasteiger partial charge in [-0.05, 0) is 44.5 Å². The van der Waals surface area contributed by atoms with Crippen LogP contribution in [-0.2, 0) is 0 Å². The molecule has 1 aromatic carbocycles. The average Bonchev–Trinajstić information content (AvgIpc) is 2.96. The van der Waals surface area contributed by atoms with Crippen LogP contribution in [0.5, 0.6) is 0 Å². The molecule has 0 aliphatic carbocycles. The molecule has 0 aliphatic rings. The highest BCUT2D eigenvalue weighted by atomic mass is 32.1. The van der Waals surface area contributed by atoms with Crippen LogP contribution in [0.4, 0.5) is 5.13 Å². The van der Waals surface area contributed by atoms with Gasteiger partial charge in [0.1, 0.15) is 11.5 Å². The summed E-state index contributed by atoms with van der Waals surface area (Å²) in [5, 5.41) is 4.34. The van der Waals surface area contributed by atoms with Gasteiger partial charge >= 0.3 is 0 Å². The summed E-state index contributed by atoms with van der Waals surface area (Å²) in [6.45, 7) is 6.12. The summed E-state index contributed by atoms with van der Waals surface area (Å²) in [6.07, 6.45) is 0. The third-order valence-electron chi connectivity index (χ3n) is 3.15. The molecule has 2 heterocycles. The normalized spacial score (nSPS) is 12.8. The molecule has 0 bridgehead atoms. The molecule has 0 spiro atoms. The van der Waals surface area contributed by atoms with Gasteiger partial charge in [0, 0.05) is 0 Å². The van der Waals surface area contributed by atoms with E-state index >= 15 is 0 Å². The molecule has 0 aliphatic heterocycles. The molecule has 1 N–H and O–H groups in total. The lowest BCUT2D eigenvalue weighted by molar-refractivity contribution is 0.467. The highest BCUT2D eigenvalue weighted by molar-refractivity contribution is 7.22. The minimum Gasteiger partial charge on any atom is -0.464 e. The SMILES string of the molecule is Cc1ccc(C(C)Nc2nc3c(C)cccc3s2)o1. The number of nitrogens with zero attached hydrogens (tertiary/aromatic N) is 1. The maximum absolute atomic E-state index is 5.63. The number of furan rings is 1. The minimum absolute atomic E-state index is 0.120. The molecular formula is C15H16N2OS. The summed E-state index contributed by atoms with van der Waals surface area (Å²) in [5.74, 6) is 1.87. The number of nitrogens with one attached hydrogen (secondary N) is 1. The summed E-state index contributed by atoms with van der Waals surface area (Å²) >= 11 is 1.68. The molecule has 3 nitrogen and oxygen atoms in total. The largest absolute Gasteiger partial charge is 0.464 e. The van der Waals surface area contributed by atoms with Crippen molar-refractivity contribution in [2.45, 2.75) is 26.8 Å². The molecular weight excluding hydrogens is 256 g/mol. The van der Waals surface area contributed by atoms with Crippen molar-refractivity contribution in [3.63, 3.8) is 0 Å². The van der Waals surface area contributed by atoms with E-state index in [0.29, 0.717) is 0 Å². The van der Waals surface area contributed by atoms with Crippen molar-refractivity contribution in [1.82, 2.24) is 4.98 Å². The minimum atomic E-state index is 0.120. The summed E-state index contributed by atoms with van der Waals surface area (Å²) in [4.78, 5) is 4.65. The fourth-order valence-electron chi connectivity index (χ4n) is 2.09. The smallest absolute Gasteiger partial charge is 0.184 e. The molecule has 1 unspecified atom stereocenters. The van der Waals surface area contributed by atoms with Crippen LogP contribution in [0.15, 0.2) is 34.7 Å². The Kier molecular flexibility index (Phi) is 3.03. The summed E-state index contributed by atoms with van der Waals surface area (Å²) in [6, 6.07) is 10.4. The van der Waals surface area contributed by atoms with Crippen LogP contribution in [0.3, 0.4) is 0 Å². The summed E-state index contributed by atoms with van der Waals surface area (Å²) < 4.78 is 6.84. The molecule has 0 saturated heterocycles. The summed E-state index contributed by atoms with van der Waals surface area (Å²) in [5.41, 5.74) is 2.29. The lowest BCUT2D eigenvalue weighted by atomic mass is 10.2. The molecule has 0 radical (unpaired) electrons. The number of aryl methyl sites for hydroxylation is 2. The number of anilines is 1. The zero-order chi connectivity index (χ0) is 13.4. The fourth-order valence-corrected chi connectivity index (χ4v) is 3.12. The monoisotopic (exact) mass is 272 g/mol. The Morgan fingerprint density at radius 3 is 2.74 bits per heavy atom. The van der Waals surface area contributed by atoms with Crippen molar-refractivity contribution in [3.8, 4) is 0 Å². The van der Waals surface area contributed by atoms with Crippen LogP contribution >= 0.6 is 11.3 Å². The topological polar surface area (TPSA) is 38.1 Å². The number of thiazole rings is 1. The van der Waals surface area contributed by atoms with Gasteiger partial charge in [0.2, 0.25) is 0 Å². The second-order valence-corrected chi connectivity index (χ2v) is 5.79. The van der Waals surface area contributed by atoms with Crippen LogP contribution in [0.2, 0.25) is 0 Å². The van der Waals surface area contributed by atoms with Gasteiger partial charge in [-0.2, -0.15) is 0 Å². The number of para-hydroxylation sites is 1.